The van der Waals surface area contributed by atoms with Crippen molar-refractivity contribution in [3.8, 4) is 11.5 Å². The average molecular weight is 485 g/mol. The van der Waals surface area contributed by atoms with E-state index in [0.29, 0.717) is 40.8 Å². The van der Waals surface area contributed by atoms with Crippen LogP contribution in [0.3, 0.4) is 0 Å². The van der Waals surface area contributed by atoms with Crippen molar-refractivity contribution in [3.63, 3.8) is 0 Å². The highest BCUT2D eigenvalue weighted by molar-refractivity contribution is 6.42. The molecule has 0 radical (unpaired) electrons. The van der Waals surface area contributed by atoms with E-state index in [1.807, 2.05) is 0 Å². The van der Waals surface area contributed by atoms with Gasteiger partial charge >= 0.3 is 0 Å². The van der Waals surface area contributed by atoms with Crippen LogP contribution in [0.15, 0.2) is 24.5 Å². The Morgan fingerprint density at radius 1 is 1.03 bits per heavy atom. The Bertz CT molecular complexity index is 1100. The van der Waals surface area contributed by atoms with Gasteiger partial charge in [0, 0.05) is 23.2 Å². The van der Waals surface area contributed by atoms with E-state index in [9.17, 15) is 18.4 Å². The first kappa shape index (κ1) is 21.1. The number of ether oxygens (including phenoxy) is 2. The van der Waals surface area contributed by atoms with Crippen LogP contribution in [-0.2, 0) is 4.79 Å². The Morgan fingerprint density at radius 3 is 2.31 bits per heavy atom. The lowest BCUT2D eigenvalue weighted by atomic mass is 9.44. The minimum absolute atomic E-state index is 0.0298. The summed E-state index contributed by atoms with van der Waals surface area (Å²) in [4.78, 5) is 32.3. The Balaban J connectivity index is 1.14. The lowest BCUT2D eigenvalue weighted by molar-refractivity contribution is -0.147. The number of benzene rings is 1. The van der Waals surface area contributed by atoms with Gasteiger partial charge in [-0.25, -0.2) is 13.8 Å². The molecule has 2 amide bonds. The number of nitrogens with zero attached hydrogens (tertiary/aromatic N) is 2. The van der Waals surface area contributed by atoms with E-state index < -0.39 is 35.2 Å². The lowest BCUT2D eigenvalue weighted by Crippen LogP contribution is -2.84. The van der Waals surface area contributed by atoms with Gasteiger partial charge in [-0.1, -0.05) is 23.2 Å². The zero-order valence-electron chi connectivity index (χ0n) is 16.3. The highest BCUT2D eigenvalue weighted by atomic mass is 35.5. The summed E-state index contributed by atoms with van der Waals surface area (Å²) in [6, 6.07) is 3.04. The fourth-order valence-corrected chi connectivity index (χ4v) is 4.77. The molecule has 0 saturated heterocycles. The molecule has 1 aromatic carbocycles. The number of carbonyl (C=O) groups is 2. The molecular weight excluding hydrogens is 469 g/mol. The largest absolute Gasteiger partial charge is 0.485 e. The zero-order valence-corrected chi connectivity index (χ0v) is 17.8. The molecular formula is C20H16Cl2F2N4O4. The third-order valence-electron chi connectivity index (χ3n) is 5.86. The number of rotatable bonds is 5. The second kappa shape index (κ2) is 7.41. The molecule has 1 aromatic heterocycles. The minimum Gasteiger partial charge on any atom is -0.485 e. The summed E-state index contributed by atoms with van der Waals surface area (Å²) in [6.07, 6.45) is -0.0414. The predicted molar refractivity (Wildman–Crippen MR) is 108 cm³/mol. The monoisotopic (exact) mass is 484 g/mol. The molecule has 4 aliphatic rings. The first-order chi connectivity index (χ1) is 15.2. The van der Waals surface area contributed by atoms with E-state index >= 15 is 0 Å². The van der Waals surface area contributed by atoms with Gasteiger partial charge < -0.3 is 20.1 Å². The van der Waals surface area contributed by atoms with Crippen molar-refractivity contribution in [2.24, 2.45) is 0 Å². The molecule has 0 spiro atoms. The van der Waals surface area contributed by atoms with Crippen LogP contribution in [0.5, 0.6) is 11.5 Å². The molecule has 3 aliphatic carbocycles. The maximum absolute atomic E-state index is 12.7. The van der Waals surface area contributed by atoms with Crippen molar-refractivity contribution in [1.29, 1.82) is 0 Å². The number of aromatic nitrogens is 2. The maximum atomic E-state index is 12.7. The molecule has 3 fully saturated rings. The summed E-state index contributed by atoms with van der Waals surface area (Å²) in [7, 11) is 0. The fourth-order valence-electron chi connectivity index (χ4n) is 4.46. The van der Waals surface area contributed by atoms with Crippen LogP contribution in [0.1, 0.15) is 41.9 Å². The average Bonchev–Trinajstić information content (AvgIpc) is 2.71. The summed E-state index contributed by atoms with van der Waals surface area (Å²) in [5.41, 5.74) is -1.40. The van der Waals surface area contributed by atoms with Gasteiger partial charge in [-0.3, -0.25) is 14.6 Å². The van der Waals surface area contributed by atoms with Crippen molar-refractivity contribution in [1.82, 2.24) is 20.6 Å². The van der Waals surface area contributed by atoms with Crippen LogP contribution in [0.4, 0.5) is 8.78 Å². The van der Waals surface area contributed by atoms with E-state index in [1.54, 1.807) is 0 Å². The first-order valence-electron chi connectivity index (χ1n) is 9.71. The van der Waals surface area contributed by atoms with Crippen molar-refractivity contribution < 1.29 is 27.8 Å². The van der Waals surface area contributed by atoms with E-state index in [0.717, 1.165) is 12.4 Å². The lowest BCUT2D eigenvalue weighted by Gasteiger charge is -2.70. The maximum Gasteiger partial charge on any atom is 0.281 e. The number of amides is 2. The van der Waals surface area contributed by atoms with E-state index in [1.165, 1.54) is 12.1 Å². The number of hydrogen-bond donors (Lipinski definition) is 2. The predicted octanol–water partition coefficient (Wildman–Crippen LogP) is 3.08. The summed E-state index contributed by atoms with van der Waals surface area (Å²) < 4.78 is 36.4. The van der Waals surface area contributed by atoms with Gasteiger partial charge in [0.25, 0.3) is 18.2 Å². The van der Waals surface area contributed by atoms with Crippen molar-refractivity contribution in [2.45, 2.75) is 42.9 Å². The van der Waals surface area contributed by atoms with E-state index in [-0.39, 0.29) is 18.2 Å². The van der Waals surface area contributed by atoms with Gasteiger partial charge in [0.1, 0.15) is 18.0 Å². The smallest absolute Gasteiger partial charge is 0.281 e. The fraction of sp³-hybridized carbons (Fsp3) is 0.400. The highest BCUT2D eigenvalue weighted by Crippen LogP contribution is 2.60. The highest BCUT2D eigenvalue weighted by Gasteiger charge is 2.69. The molecule has 1 unspecified atom stereocenters. The number of halogens is 4. The van der Waals surface area contributed by atoms with E-state index in [2.05, 4.69) is 20.6 Å². The molecule has 6 rings (SSSR count). The van der Waals surface area contributed by atoms with Gasteiger partial charge in [0.2, 0.25) is 6.10 Å². The van der Waals surface area contributed by atoms with Crippen molar-refractivity contribution >= 4 is 35.0 Å². The Hall–Kier alpha value is -2.72. The molecule has 3 saturated carbocycles. The SMILES string of the molecule is O=C(NC12CC(NC(=O)C3COc4cc(Cl)c(Cl)cc4O3)(C1)C2)c1cnc(C(F)F)cn1. The number of hydrogen-bond acceptors (Lipinski definition) is 6. The molecule has 2 bridgehead atoms. The molecule has 2 aromatic rings. The molecule has 2 heterocycles. The quantitative estimate of drug-likeness (QED) is 0.675. The molecule has 12 heteroatoms. The van der Waals surface area contributed by atoms with Gasteiger partial charge in [-0.15, -0.1) is 0 Å². The van der Waals surface area contributed by atoms with Crippen LogP contribution >= 0.6 is 23.2 Å². The second-order valence-corrected chi connectivity index (χ2v) is 9.11. The van der Waals surface area contributed by atoms with Gasteiger partial charge in [0.05, 0.1) is 22.4 Å². The number of alkyl halides is 2. The van der Waals surface area contributed by atoms with Crippen LogP contribution < -0.4 is 20.1 Å². The van der Waals surface area contributed by atoms with Crippen molar-refractivity contribution in [3.05, 3.63) is 46.0 Å². The second-order valence-electron chi connectivity index (χ2n) is 8.29. The first-order valence-corrected chi connectivity index (χ1v) is 10.5. The van der Waals surface area contributed by atoms with Crippen LogP contribution in [-0.4, -0.2) is 45.6 Å². The van der Waals surface area contributed by atoms with Gasteiger partial charge in [-0.05, 0) is 19.3 Å². The summed E-state index contributed by atoms with van der Waals surface area (Å²) in [6.45, 7) is 0.0298. The third kappa shape index (κ3) is 3.61. The minimum atomic E-state index is -2.75. The Kier molecular flexibility index (Phi) is 4.90. The van der Waals surface area contributed by atoms with Crippen LogP contribution in [0, 0.1) is 0 Å². The molecule has 1 atom stereocenters. The van der Waals surface area contributed by atoms with Gasteiger partial charge in [-0.2, -0.15) is 0 Å². The Labute approximate surface area is 190 Å². The van der Waals surface area contributed by atoms with Gasteiger partial charge in [0.15, 0.2) is 11.5 Å². The summed E-state index contributed by atoms with van der Waals surface area (Å²) >= 11 is 12.0. The topological polar surface area (TPSA) is 102 Å². The molecule has 2 N–H and O–H groups in total. The number of fused-ring (bicyclic) bond motifs is 1. The third-order valence-corrected chi connectivity index (χ3v) is 6.59. The number of nitrogens with one attached hydrogen (secondary N) is 2. The molecule has 8 nitrogen and oxygen atoms in total. The number of carbonyl (C=O) groups excluding carboxylic acids is 2. The van der Waals surface area contributed by atoms with Crippen LogP contribution in [0.2, 0.25) is 10.0 Å². The summed E-state index contributed by atoms with van der Waals surface area (Å²) in [5, 5.41) is 6.46. The van der Waals surface area contributed by atoms with Crippen LogP contribution in [0.25, 0.3) is 0 Å². The zero-order chi connectivity index (χ0) is 22.7. The Morgan fingerprint density at radius 2 is 1.69 bits per heavy atom. The van der Waals surface area contributed by atoms with E-state index in [4.69, 9.17) is 32.7 Å². The molecule has 32 heavy (non-hydrogen) atoms. The van der Waals surface area contributed by atoms with Crippen molar-refractivity contribution in [2.75, 3.05) is 6.61 Å². The normalized spacial score (nSPS) is 27.2. The standard InChI is InChI=1S/C20H16Cl2F2N4O4/c21-9-1-13-14(2-10(9)22)32-15(5-31-13)18(30)28-20-6-19(7-20,8-20)27-17(29)12-4-25-11(3-26-12)16(23)24/h1-4,15-16H,5-8H2,(H,27,29)(H,28,30). The molecule has 1 aliphatic heterocycles. The summed E-state index contributed by atoms with van der Waals surface area (Å²) in [5.74, 6) is -0.0599. The molecule has 168 valence electrons.